The third-order valence-corrected chi connectivity index (χ3v) is 6.51. The number of nitrogens with zero attached hydrogens (tertiary/aromatic N) is 5. The largest absolute Gasteiger partial charge is 0.363 e. The van der Waals surface area contributed by atoms with E-state index in [4.69, 9.17) is 0 Å². The topological polar surface area (TPSA) is 92.4 Å². The highest BCUT2D eigenvalue weighted by molar-refractivity contribution is 7.89. The first kappa shape index (κ1) is 15.5. The fraction of sp³-hybridized carbons (Fsp3) is 0.533. The van der Waals surface area contributed by atoms with Gasteiger partial charge >= 0.3 is 0 Å². The SMILES string of the molecule is O=S(=O)(c1cnoc1)N1CCN(c2cc3c(nn2)CCCC3)CC1. The Kier molecular flexibility index (Phi) is 3.97. The number of fused-ring (bicyclic) bond motifs is 1. The highest BCUT2D eigenvalue weighted by Crippen LogP contribution is 2.24. The van der Waals surface area contributed by atoms with Crippen molar-refractivity contribution in [1.82, 2.24) is 19.7 Å². The minimum atomic E-state index is -3.52. The number of rotatable bonds is 3. The number of anilines is 1. The van der Waals surface area contributed by atoms with Crippen molar-refractivity contribution >= 4 is 15.8 Å². The van der Waals surface area contributed by atoms with Gasteiger partial charge in [0.25, 0.3) is 0 Å². The quantitative estimate of drug-likeness (QED) is 0.811. The smallest absolute Gasteiger partial charge is 0.248 e. The van der Waals surface area contributed by atoms with Gasteiger partial charge in [-0.1, -0.05) is 5.16 Å². The zero-order valence-electron chi connectivity index (χ0n) is 13.3. The summed E-state index contributed by atoms with van der Waals surface area (Å²) in [5.74, 6) is 0.845. The average Bonchev–Trinajstić information content (AvgIpc) is 3.17. The Balaban J connectivity index is 1.47. The maximum absolute atomic E-state index is 12.5. The fourth-order valence-corrected chi connectivity index (χ4v) is 4.55. The molecule has 0 unspecified atom stereocenters. The molecule has 8 nitrogen and oxygen atoms in total. The van der Waals surface area contributed by atoms with Gasteiger partial charge in [0.2, 0.25) is 10.0 Å². The summed E-state index contributed by atoms with van der Waals surface area (Å²) in [6, 6.07) is 2.12. The maximum Gasteiger partial charge on any atom is 0.248 e. The molecule has 1 saturated heterocycles. The molecule has 0 aromatic carbocycles. The van der Waals surface area contributed by atoms with E-state index in [9.17, 15) is 8.42 Å². The minimum Gasteiger partial charge on any atom is -0.363 e. The highest BCUT2D eigenvalue weighted by atomic mass is 32.2. The number of hydrogen-bond donors (Lipinski definition) is 0. The van der Waals surface area contributed by atoms with E-state index in [-0.39, 0.29) is 4.90 Å². The highest BCUT2D eigenvalue weighted by Gasteiger charge is 2.30. The van der Waals surface area contributed by atoms with Gasteiger partial charge in [-0.15, -0.1) is 5.10 Å². The third kappa shape index (κ3) is 2.78. The molecule has 2 aromatic heterocycles. The van der Waals surface area contributed by atoms with E-state index >= 15 is 0 Å². The van der Waals surface area contributed by atoms with E-state index in [1.807, 2.05) is 0 Å². The number of aryl methyl sites for hydroxylation is 2. The van der Waals surface area contributed by atoms with Crippen molar-refractivity contribution in [3.63, 3.8) is 0 Å². The molecule has 1 aliphatic heterocycles. The predicted octanol–water partition coefficient (Wildman–Crippen LogP) is 0.854. The van der Waals surface area contributed by atoms with Crippen molar-refractivity contribution in [2.45, 2.75) is 30.6 Å². The summed E-state index contributed by atoms with van der Waals surface area (Å²) in [6.07, 6.45) is 6.84. The lowest BCUT2D eigenvalue weighted by Crippen LogP contribution is -2.49. The first-order valence-corrected chi connectivity index (χ1v) is 9.58. The van der Waals surface area contributed by atoms with Crippen LogP contribution in [0.4, 0.5) is 5.82 Å². The van der Waals surface area contributed by atoms with Crippen LogP contribution in [0.25, 0.3) is 0 Å². The molecule has 0 bridgehead atoms. The molecular formula is C15H19N5O3S. The molecule has 0 amide bonds. The number of hydrogen-bond acceptors (Lipinski definition) is 7. The van der Waals surface area contributed by atoms with Gasteiger partial charge in [0.1, 0.15) is 11.2 Å². The molecule has 1 aliphatic carbocycles. The third-order valence-electron chi connectivity index (χ3n) is 4.67. The van der Waals surface area contributed by atoms with Crippen molar-refractivity contribution in [2.24, 2.45) is 0 Å². The van der Waals surface area contributed by atoms with Gasteiger partial charge < -0.3 is 9.42 Å². The first-order valence-electron chi connectivity index (χ1n) is 8.14. The number of aromatic nitrogens is 3. The van der Waals surface area contributed by atoms with Gasteiger partial charge in [0.05, 0.1) is 11.9 Å². The van der Waals surface area contributed by atoms with E-state index in [1.165, 1.54) is 28.9 Å². The van der Waals surface area contributed by atoms with E-state index in [1.54, 1.807) is 0 Å². The Bertz CT molecular complexity index is 814. The van der Waals surface area contributed by atoms with Crippen LogP contribution >= 0.6 is 0 Å². The fourth-order valence-electron chi connectivity index (χ4n) is 3.26. The van der Waals surface area contributed by atoms with Crippen LogP contribution < -0.4 is 4.90 Å². The van der Waals surface area contributed by atoms with Crippen molar-refractivity contribution in [2.75, 3.05) is 31.1 Å². The molecule has 0 radical (unpaired) electrons. The molecule has 3 heterocycles. The Hall–Kier alpha value is -2.00. The summed E-state index contributed by atoms with van der Waals surface area (Å²) < 4.78 is 31.0. The van der Waals surface area contributed by atoms with E-state index in [0.29, 0.717) is 26.2 Å². The molecule has 4 rings (SSSR count). The van der Waals surface area contributed by atoms with Gasteiger partial charge in [-0.3, -0.25) is 0 Å². The Morgan fingerprint density at radius 1 is 1.04 bits per heavy atom. The monoisotopic (exact) mass is 349 g/mol. The molecule has 128 valence electrons. The molecule has 9 heteroatoms. The van der Waals surface area contributed by atoms with Crippen LogP contribution in [0.15, 0.2) is 27.9 Å². The summed E-state index contributed by atoms with van der Waals surface area (Å²) >= 11 is 0. The second kappa shape index (κ2) is 6.14. The van der Waals surface area contributed by atoms with Gasteiger partial charge in [-0.2, -0.15) is 9.40 Å². The molecule has 24 heavy (non-hydrogen) atoms. The number of sulfonamides is 1. The zero-order valence-corrected chi connectivity index (χ0v) is 14.1. The van der Waals surface area contributed by atoms with Gasteiger partial charge in [-0.25, -0.2) is 8.42 Å². The van der Waals surface area contributed by atoms with Crippen molar-refractivity contribution < 1.29 is 12.9 Å². The predicted molar refractivity (Wildman–Crippen MR) is 86.1 cm³/mol. The molecule has 0 atom stereocenters. The number of piperazine rings is 1. The van der Waals surface area contributed by atoms with Gasteiger partial charge in [0, 0.05) is 26.2 Å². The standard InChI is InChI=1S/C15H19N5O3S/c21-24(22,13-10-16-23-11-13)20-7-5-19(6-8-20)15-9-12-3-1-2-4-14(12)17-18-15/h9-11H,1-8H2. The van der Waals surface area contributed by atoms with Gasteiger partial charge in [-0.05, 0) is 37.3 Å². The van der Waals surface area contributed by atoms with Crippen LogP contribution in [0, 0.1) is 0 Å². The molecule has 1 fully saturated rings. The van der Waals surface area contributed by atoms with Crippen LogP contribution in [0.3, 0.4) is 0 Å². The van der Waals surface area contributed by atoms with E-state index < -0.39 is 10.0 Å². The Labute approximate surface area is 140 Å². The summed E-state index contributed by atoms with van der Waals surface area (Å²) in [6.45, 7) is 2.01. The average molecular weight is 349 g/mol. The second-order valence-electron chi connectivity index (χ2n) is 6.13. The zero-order chi connectivity index (χ0) is 16.6. The lowest BCUT2D eigenvalue weighted by Gasteiger charge is -2.34. The van der Waals surface area contributed by atoms with Crippen LogP contribution in [-0.4, -0.2) is 54.3 Å². The van der Waals surface area contributed by atoms with Crippen molar-refractivity contribution in [3.05, 3.63) is 29.8 Å². The first-order chi connectivity index (χ1) is 11.6. The lowest BCUT2D eigenvalue weighted by atomic mass is 9.97. The molecule has 0 saturated carbocycles. The summed E-state index contributed by atoms with van der Waals surface area (Å²) in [5, 5.41) is 12.2. The molecule has 0 spiro atoms. The normalized spacial score (nSPS) is 19.2. The van der Waals surface area contributed by atoms with E-state index in [0.717, 1.165) is 30.6 Å². The molecule has 0 N–H and O–H groups in total. The lowest BCUT2D eigenvalue weighted by molar-refractivity contribution is 0.381. The van der Waals surface area contributed by atoms with Crippen LogP contribution in [-0.2, 0) is 22.9 Å². The summed E-state index contributed by atoms with van der Waals surface area (Å²) in [5.41, 5.74) is 2.39. The van der Waals surface area contributed by atoms with Crippen LogP contribution in [0.5, 0.6) is 0 Å². The summed E-state index contributed by atoms with van der Waals surface area (Å²) in [7, 11) is -3.52. The maximum atomic E-state index is 12.5. The molecular weight excluding hydrogens is 330 g/mol. The molecule has 2 aromatic rings. The Morgan fingerprint density at radius 3 is 2.58 bits per heavy atom. The van der Waals surface area contributed by atoms with Crippen molar-refractivity contribution in [3.8, 4) is 0 Å². The minimum absolute atomic E-state index is 0.101. The van der Waals surface area contributed by atoms with Gasteiger partial charge in [0.15, 0.2) is 5.82 Å². The van der Waals surface area contributed by atoms with Crippen LogP contribution in [0.1, 0.15) is 24.1 Å². The van der Waals surface area contributed by atoms with E-state index in [2.05, 4.69) is 30.8 Å². The Morgan fingerprint density at radius 2 is 1.83 bits per heavy atom. The second-order valence-corrected chi connectivity index (χ2v) is 8.07. The molecule has 2 aliphatic rings. The summed E-state index contributed by atoms with van der Waals surface area (Å²) in [4.78, 5) is 2.20. The van der Waals surface area contributed by atoms with Crippen molar-refractivity contribution in [1.29, 1.82) is 0 Å². The van der Waals surface area contributed by atoms with Crippen LogP contribution in [0.2, 0.25) is 0 Å².